The summed E-state index contributed by atoms with van der Waals surface area (Å²) in [5.74, 6) is 0.184. The molecule has 0 bridgehead atoms. The highest BCUT2D eigenvalue weighted by Crippen LogP contribution is 2.24. The Hall–Kier alpha value is -2.08. The average molecular weight is 393 g/mol. The molecule has 7 heteroatoms. The van der Waals surface area contributed by atoms with Crippen molar-refractivity contribution in [3.63, 3.8) is 0 Å². The van der Waals surface area contributed by atoms with Gasteiger partial charge in [0.2, 0.25) is 0 Å². The largest absolute Gasteiger partial charge is 0.482 e. The van der Waals surface area contributed by atoms with Gasteiger partial charge >= 0.3 is 0 Å². The smallest absolute Gasteiger partial charge is 0.264 e. The zero-order valence-corrected chi connectivity index (χ0v) is 15.4. The molecule has 0 spiro atoms. The molecule has 128 valence electrons. The maximum absolute atomic E-state index is 12.0. The minimum absolute atomic E-state index is 0.132. The van der Waals surface area contributed by atoms with Gasteiger partial charge in [0.15, 0.2) is 11.7 Å². The van der Waals surface area contributed by atoms with Gasteiger partial charge in [-0.05, 0) is 29.8 Å². The quantitative estimate of drug-likeness (QED) is 0.637. The minimum Gasteiger partial charge on any atom is -0.482 e. The number of carbonyl (C=O) groups excluding carboxylic acids is 1. The Labute approximate surface area is 159 Å². The molecule has 25 heavy (non-hydrogen) atoms. The molecule has 0 radical (unpaired) electrons. The summed E-state index contributed by atoms with van der Waals surface area (Å²) < 4.78 is 5.40. The third kappa shape index (κ3) is 5.19. The van der Waals surface area contributed by atoms with Gasteiger partial charge in [-0.3, -0.25) is 10.1 Å². The highest BCUT2D eigenvalue weighted by atomic mass is 35.5. The lowest BCUT2D eigenvalue weighted by molar-refractivity contribution is -0.118. The zero-order chi connectivity index (χ0) is 17.6. The van der Waals surface area contributed by atoms with E-state index < -0.39 is 0 Å². The molecular formula is C18H14Cl2N2O2S. The topological polar surface area (TPSA) is 51.2 Å². The number of para-hydroxylation sites is 1. The molecule has 0 aliphatic heterocycles. The number of nitrogens with one attached hydrogen (secondary N) is 1. The Kier molecular flexibility index (Phi) is 5.91. The number of hydrogen-bond donors (Lipinski definition) is 1. The Bertz CT molecular complexity index is 883. The number of rotatable bonds is 6. The molecule has 1 amide bonds. The lowest BCUT2D eigenvalue weighted by Gasteiger charge is -2.06. The standard InChI is InChI=1S/C18H14Cl2N2O2S/c19-13-5-3-4-12(8-13)9-14-10-21-18(25-14)22-17(23)11-24-16-7-2-1-6-15(16)20/h1-8,10H,9,11H2,(H,21,22,23). The van der Waals surface area contributed by atoms with Crippen molar-refractivity contribution in [3.05, 3.63) is 75.2 Å². The average Bonchev–Trinajstić information content (AvgIpc) is 3.01. The van der Waals surface area contributed by atoms with E-state index >= 15 is 0 Å². The first-order valence-corrected chi connectivity index (χ1v) is 9.04. The molecule has 3 rings (SSSR count). The summed E-state index contributed by atoms with van der Waals surface area (Å²) in [6.07, 6.45) is 2.46. The molecule has 0 aliphatic rings. The Balaban J connectivity index is 1.54. The van der Waals surface area contributed by atoms with E-state index in [0.717, 1.165) is 10.4 Å². The number of benzene rings is 2. The fraction of sp³-hybridized carbons (Fsp3) is 0.111. The molecule has 4 nitrogen and oxygen atoms in total. The van der Waals surface area contributed by atoms with E-state index in [2.05, 4.69) is 10.3 Å². The van der Waals surface area contributed by atoms with E-state index in [-0.39, 0.29) is 12.5 Å². The number of thiazole rings is 1. The lowest BCUT2D eigenvalue weighted by atomic mass is 10.1. The van der Waals surface area contributed by atoms with E-state index in [0.29, 0.717) is 27.3 Å². The summed E-state index contributed by atoms with van der Waals surface area (Å²) in [5.41, 5.74) is 1.09. The van der Waals surface area contributed by atoms with Gasteiger partial charge in [0.05, 0.1) is 5.02 Å². The fourth-order valence-electron chi connectivity index (χ4n) is 2.16. The monoisotopic (exact) mass is 392 g/mol. The number of anilines is 1. The first kappa shape index (κ1) is 17.7. The molecule has 0 saturated carbocycles. The predicted molar refractivity (Wildman–Crippen MR) is 102 cm³/mol. The second-order valence-electron chi connectivity index (χ2n) is 5.21. The van der Waals surface area contributed by atoms with Crippen molar-refractivity contribution in [1.29, 1.82) is 0 Å². The van der Waals surface area contributed by atoms with E-state index in [1.807, 2.05) is 24.3 Å². The summed E-state index contributed by atoms with van der Waals surface area (Å²) in [7, 11) is 0. The Morgan fingerprint density at radius 3 is 2.80 bits per heavy atom. The number of carbonyl (C=O) groups is 1. The van der Waals surface area contributed by atoms with Crippen LogP contribution in [0.1, 0.15) is 10.4 Å². The van der Waals surface area contributed by atoms with Gasteiger partial charge in [-0.15, -0.1) is 11.3 Å². The van der Waals surface area contributed by atoms with Crippen LogP contribution in [0, 0.1) is 0 Å². The van der Waals surface area contributed by atoms with Crippen LogP contribution in [-0.4, -0.2) is 17.5 Å². The van der Waals surface area contributed by atoms with Gasteiger partial charge in [-0.25, -0.2) is 4.98 Å². The van der Waals surface area contributed by atoms with Crippen LogP contribution >= 0.6 is 34.5 Å². The van der Waals surface area contributed by atoms with Gasteiger partial charge < -0.3 is 4.74 Å². The van der Waals surface area contributed by atoms with Crippen molar-refractivity contribution in [2.24, 2.45) is 0 Å². The molecular weight excluding hydrogens is 379 g/mol. The SMILES string of the molecule is O=C(COc1ccccc1Cl)Nc1ncc(Cc2cccc(Cl)c2)s1. The first-order chi connectivity index (χ1) is 12.1. The maximum Gasteiger partial charge on any atom is 0.264 e. The number of ether oxygens (including phenoxy) is 1. The van der Waals surface area contributed by atoms with E-state index in [4.69, 9.17) is 27.9 Å². The van der Waals surface area contributed by atoms with Crippen LogP contribution in [0.15, 0.2) is 54.7 Å². The Morgan fingerprint density at radius 1 is 1.16 bits per heavy atom. The molecule has 0 saturated heterocycles. The van der Waals surface area contributed by atoms with Gasteiger partial charge in [-0.1, -0.05) is 47.5 Å². The Morgan fingerprint density at radius 2 is 2.00 bits per heavy atom. The molecule has 0 atom stereocenters. The van der Waals surface area contributed by atoms with Crippen LogP contribution in [0.25, 0.3) is 0 Å². The first-order valence-electron chi connectivity index (χ1n) is 7.46. The van der Waals surface area contributed by atoms with E-state index in [1.54, 1.807) is 30.5 Å². The summed E-state index contributed by atoms with van der Waals surface area (Å²) in [6.45, 7) is -0.132. The molecule has 0 unspecified atom stereocenters. The van der Waals surface area contributed by atoms with Gasteiger partial charge in [0.1, 0.15) is 5.75 Å². The van der Waals surface area contributed by atoms with Crippen molar-refractivity contribution in [3.8, 4) is 5.75 Å². The second kappa shape index (κ2) is 8.34. The highest BCUT2D eigenvalue weighted by molar-refractivity contribution is 7.15. The summed E-state index contributed by atoms with van der Waals surface area (Å²) in [6, 6.07) is 14.7. The molecule has 1 heterocycles. The highest BCUT2D eigenvalue weighted by Gasteiger charge is 2.09. The summed E-state index contributed by atoms with van der Waals surface area (Å²) in [5, 5.41) is 4.42. The van der Waals surface area contributed by atoms with Crippen LogP contribution in [0.5, 0.6) is 5.75 Å². The number of nitrogens with zero attached hydrogens (tertiary/aromatic N) is 1. The molecule has 3 aromatic rings. The third-order valence-electron chi connectivity index (χ3n) is 3.26. The van der Waals surface area contributed by atoms with Gasteiger partial charge in [0, 0.05) is 22.5 Å². The van der Waals surface area contributed by atoms with Crippen LogP contribution in [0.3, 0.4) is 0 Å². The molecule has 2 aromatic carbocycles. The summed E-state index contributed by atoms with van der Waals surface area (Å²) in [4.78, 5) is 17.2. The molecule has 0 fully saturated rings. The lowest BCUT2D eigenvalue weighted by Crippen LogP contribution is -2.20. The molecule has 1 aromatic heterocycles. The van der Waals surface area contributed by atoms with Crippen molar-refractivity contribution in [2.75, 3.05) is 11.9 Å². The van der Waals surface area contributed by atoms with Crippen LogP contribution in [0.4, 0.5) is 5.13 Å². The third-order valence-corrected chi connectivity index (χ3v) is 4.72. The summed E-state index contributed by atoms with van der Waals surface area (Å²) >= 11 is 13.4. The molecule has 1 N–H and O–H groups in total. The second-order valence-corrected chi connectivity index (χ2v) is 7.16. The zero-order valence-electron chi connectivity index (χ0n) is 13.0. The number of halogens is 2. The normalized spacial score (nSPS) is 10.5. The van der Waals surface area contributed by atoms with Crippen LogP contribution < -0.4 is 10.1 Å². The van der Waals surface area contributed by atoms with Gasteiger partial charge in [0.25, 0.3) is 5.91 Å². The van der Waals surface area contributed by atoms with Crippen molar-refractivity contribution in [1.82, 2.24) is 4.98 Å². The van der Waals surface area contributed by atoms with Crippen molar-refractivity contribution in [2.45, 2.75) is 6.42 Å². The minimum atomic E-state index is -0.288. The van der Waals surface area contributed by atoms with Crippen molar-refractivity contribution < 1.29 is 9.53 Å². The predicted octanol–water partition coefficient (Wildman–Crippen LogP) is 5.06. The van der Waals surface area contributed by atoms with Crippen molar-refractivity contribution >= 4 is 45.6 Å². The van der Waals surface area contributed by atoms with Crippen LogP contribution in [-0.2, 0) is 11.2 Å². The maximum atomic E-state index is 12.0. The van der Waals surface area contributed by atoms with Crippen LogP contribution in [0.2, 0.25) is 10.0 Å². The van der Waals surface area contributed by atoms with E-state index in [1.165, 1.54) is 11.3 Å². The number of amides is 1. The number of hydrogen-bond acceptors (Lipinski definition) is 4. The van der Waals surface area contributed by atoms with E-state index in [9.17, 15) is 4.79 Å². The molecule has 0 aliphatic carbocycles. The fourth-order valence-corrected chi connectivity index (χ4v) is 3.42. The van der Waals surface area contributed by atoms with Gasteiger partial charge in [-0.2, -0.15) is 0 Å². The number of aromatic nitrogens is 1.